The van der Waals surface area contributed by atoms with Crippen molar-refractivity contribution in [2.75, 3.05) is 5.73 Å². The molecule has 1 aromatic heterocycles. The van der Waals surface area contributed by atoms with Crippen molar-refractivity contribution >= 4 is 34.5 Å². The lowest BCUT2D eigenvalue weighted by Crippen LogP contribution is -2.12. The number of nitrogen functional groups attached to an aromatic ring is 1. The number of hydrogen-bond donors (Lipinski definition) is 2. The van der Waals surface area contributed by atoms with Crippen molar-refractivity contribution in [2.24, 2.45) is 0 Å². The van der Waals surface area contributed by atoms with Crippen LogP contribution in [0, 0.1) is 0 Å². The van der Waals surface area contributed by atoms with Gasteiger partial charge in [-0.2, -0.15) is 0 Å². The minimum atomic E-state index is -0.839. The summed E-state index contributed by atoms with van der Waals surface area (Å²) in [5.41, 5.74) is 6.63. The molecule has 3 N–H and O–H groups in total. The molecule has 0 fully saturated rings. The molecule has 0 aliphatic rings. The maximum absolute atomic E-state index is 10.7. The topological polar surface area (TPSA) is 89.1 Å². The molecule has 1 heterocycles. The van der Waals surface area contributed by atoms with Crippen molar-refractivity contribution in [3.8, 4) is 0 Å². The second kappa shape index (κ2) is 5.22. The van der Waals surface area contributed by atoms with E-state index in [4.69, 9.17) is 10.8 Å². The van der Waals surface area contributed by atoms with Gasteiger partial charge in [0.25, 0.3) is 0 Å². The van der Waals surface area contributed by atoms with Crippen molar-refractivity contribution in [1.82, 2.24) is 9.97 Å². The maximum atomic E-state index is 10.7. The molecular formula is C12H13N3O2S. The van der Waals surface area contributed by atoms with Crippen LogP contribution in [0.1, 0.15) is 12.7 Å². The molecule has 1 atom stereocenters. The number of nitrogens with zero attached hydrogens (tertiary/aromatic N) is 2. The first kappa shape index (κ1) is 12.6. The van der Waals surface area contributed by atoms with Crippen LogP contribution in [0.25, 0.3) is 10.9 Å². The molecule has 0 aliphatic carbocycles. The zero-order chi connectivity index (χ0) is 13.1. The smallest absolute Gasteiger partial charge is 0.316 e. The van der Waals surface area contributed by atoms with E-state index in [1.165, 1.54) is 11.8 Å². The minimum absolute atomic E-state index is 0.430. The lowest BCUT2D eigenvalue weighted by Gasteiger charge is -2.07. The van der Waals surface area contributed by atoms with E-state index in [9.17, 15) is 4.79 Å². The number of carboxylic acids is 1. The lowest BCUT2D eigenvalue weighted by molar-refractivity contribution is -0.136. The van der Waals surface area contributed by atoms with Gasteiger partial charge in [-0.05, 0) is 19.1 Å². The predicted molar refractivity (Wildman–Crippen MR) is 72.3 cm³/mol. The standard InChI is InChI=1S/C12H13N3O2S/c1-7(12(16)17)18-6-10-14-9-5-3-2-4-8(9)11(13)15-10/h2-5,7H,6H2,1H3,(H,16,17)(H2,13,14,15). The van der Waals surface area contributed by atoms with Gasteiger partial charge in [-0.1, -0.05) is 12.1 Å². The summed E-state index contributed by atoms with van der Waals surface area (Å²) < 4.78 is 0. The van der Waals surface area contributed by atoms with Crippen LogP contribution in [0.4, 0.5) is 5.82 Å². The van der Waals surface area contributed by atoms with Gasteiger partial charge in [0, 0.05) is 5.39 Å². The summed E-state index contributed by atoms with van der Waals surface area (Å²) in [5, 5.41) is 9.13. The van der Waals surface area contributed by atoms with Gasteiger partial charge in [0.2, 0.25) is 0 Å². The number of rotatable bonds is 4. The van der Waals surface area contributed by atoms with E-state index in [1.54, 1.807) is 6.92 Å². The second-order valence-corrected chi connectivity index (χ2v) is 5.16. The summed E-state index contributed by atoms with van der Waals surface area (Å²) in [6, 6.07) is 7.48. The molecule has 0 saturated carbocycles. The van der Waals surface area contributed by atoms with Crippen LogP contribution in [0.15, 0.2) is 24.3 Å². The quantitative estimate of drug-likeness (QED) is 0.876. The Balaban J connectivity index is 2.22. The van der Waals surface area contributed by atoms with E-state index >= 15 is 0 Å². The zero-order valence-corrected chi connectivity index (χ0v) is 10.6. The molecule has 6 heteroatoms. The Hall–Kier alpha value is -1.82. The van der Waals surface area contributed by atoms with Crippen LogP contribution in [0.3, 0.4) is 0 Å². The number of fused-ring (bicyclic) bond motifs is 1. The Labute approximate surface area is 108 Å². The van der Waals surface area contributed by atoms with E-state index in [0.717, 1.165) is 10.9 Å². The van der Waals surface area contributed by atoms with E-state index < -0.39 is 11.2 Å². The molecule has 0 saturated heterocycles. The highest BCUT2D eigenvalue weighted by atomic mass is 32.2. The summed E-state index contributed by atoms with van der Waals surface area (Å²) >= 11 is 1.27. The molecule has 0 bridgehead atoms. The van der Waals surface area contributed by atoms with Gasteiger partial charge >= 0.3 is 5.97 Å². The van der Waals surface area contributed by atoms with Crippen LogP contribution in [0.2, 0.25) is 0 Å². The molecule has 2 rings (SSSR count). The number of thioether (sulfide) groups is 1. The molecule has 1 aromatic carbocycles. The van der Waals surface area contributed by atoms with Gasteiger partial charge in [0.05, 0.1) is 16.5 Å². The number of aromatic nitrogens is 2. The van der Waals surface area contributed by atoms with Gasteiger partial charge in [-0.15, -0.1) is 11.8 Å². The van der Waals surface area contributed by atoms with E-state index in [1.807, 2.05) is 24.3 Å². The minimum Gasteiger partial charge on any atom is -0.480 e. The van der Waals surface area contributed by atoms with Crippen LogP contribution in [-0.4, -0.2) is 26.3 Å². The highest BCUT2D eigenvalue weighted by Crippen LogP contribution is 2.21. The third-order valence-corrected chi connectivity index (χ3v) is 3.62. The van der Waals surface area contributed by atoms with Crippen molar-refractivity contribution in [2.45, 2.75) is 17.9 Å². The zero-order valence-electron chi connectivity index (χ0n) is 9.83. The van der Waals surface area contributed by atoms with Crippen LogP contribution in [-0.2, 0) is 10.5 Å². The Morgan fingerprint density at radius 1 is 1.44 bits per heavy atom. The first-order valence-electron chi connectivity index (χ1n) is 5.43. The Bertz CT molecular complexity index is 589. The number of benzene rings is 1. The van der Waals surface area contributed by atoms with E-state index in [0.29, 0.717) is 17.4 Å². The molecule has 0 radical (unpaired) electrons. The fourth-order valence-electron chi connectivity index (χ4n) is 1.49. The SMILES string of the molecule is CC(SCc1nc(N)c2ccccc2n1)C(=O)O. The molecular weight excluding hydrogens is 250 g/mol. The molecule has 0 aliphatic heterocycles. The molecule has 18 heavy (non-hydrogen) atoms. The number of para-hydroxylation sites is 1. The Kier molecular flexibility index (Phi) is 3.66. The maximum Gasteiger partial charge on any atom is 0.316 e. The highest BCUT2D eigenvalue weighted by Gasteiger charge is 2.13. The van der Waals surface area contributed by atoms with Gasteiger partial charge in [-0.3, -0.25) is 4.79 Å². The molecule has 94 valence electrons. The van der Waals surface area contributed by atoms with E-state index in [2.05, 4.69) is 9.97 Å². The first-order chi connectivity index (χ1) is 8.58. The van der Waals surface area contributed by atoms with Crippen LogP contribution >= 0.6 is 11.8 Å². The fourth-order valence-corrected chi connectivity index (χ4v) is 2.16. The average Bonchev–Trinajstić information content (AvgIpc) is 2.36. The summed E-state index contributed by atoms with van der Waals surface area (Å²) in [7, 11) is 0. The van der Waals surface area contributed by atoms with Crippen molar-refractivity contribution in [3.05, 3.63) is 30.1 Å². The largest absolute Gasteiger partial charge is 0.480 e. The number of hydrogen-bond acceptors (Lipinski definition) is 5. The molecule has 0 amide bonds. The van der Waals surface area contributed by atoms with Gasteiger partial charge < -0.3 is 10.8 Å². The van der Waals surface area contributed by atoms with Crippen LogP contribution in [0.5, 0.6) is 0 Å². The van der Waals surface area contributed by atoms with Crippen molar-refractivity contribution in [3.63, 3.8) is 0 Å². The molecule has 1 unspecified atom stereocenters. The number of aliphatic carboxylic acids is 1. The van der Waals surface area contributed by atoms with Gasteiger partial charge in [0.1, 0.15) is 11.6 Å². The first-order valence-corrected chi connectivity index (χ1v) is 6.48. The summed E-state index contributed by atoms with van der Waals surface area (Å²) in [6.45, 7) is 1.64. The second-order valence-electron chi connectivity index (χ2n) is 3.83. The molecule has 0 spiro atoms. The normalized spacial score (nSPS) is 12.5. The fraction of sp³-hybridized carbons (Fsp3) is 0.250. The number of carboxylic acid groups (broad SMARTS) is 1. The number of carbonyl (C=O) groups is 1. The monoisotopic (exact) mass is 263 g/mol. The summed E-state index contributed by atoms with van der Waals surface area (Å²) in [4.78, 5) is 19.3. The summed E-state index contributed by atoms with van der Waals surface area (Å²) in [6.07, 6.45) is 0. The Morgan fingerprint density at radius 2 is 2.17 bits per heavy atom. The predicted octanol–water partition coefficient (Wildman–Crippen LogP) is 1.92. The van der Waals surface area contributed by atoms with Crippen LogP contribution < -0.4 is 5.73 Å². The number of anilines is 1. The number of nitrogens with two attached hydrogens (primary N) is 1. The lowest BCUT2D eigenvalue weighted by atomic mass is 10.2. The Morgan fingerprint density at radius 3 is 2.89 bits per heavy atom. The van der Waals surface area contributed by atoms with Crippen molar-refractivity contribution < 1.29 is 9.90 Å². The highest BCUT2D eigenvalue weighted by molar-refractivity contribution is 7.99. The molecule has 5 nitrogen and oxygen atoms in total. The third kappa shape index (κ3) is 2.70. The summed E-state index contributed by atoms with van der Waals surface area (Å²) in [5.74, 6) is 0.583. The van der Waals surface area contributed by atoms with Gasteiger partial charge in [-0.25, -0.2) is 9.97 Å². The van der Waals surface area contributed by atoms with Gasteiger partial charge in [0.15, 0.2) is 0 Å². The molecule has 2 aromatic rings. The van der Waals surface area contributed by atoms with E-state index in [-0.39, 0.29) is 0 Å². The van der Waals surface area contributed by atoms with Crippen molar-refractivity contribution in [1.29, 1.82) is 0 Å². The third-order valence-electron chi connectivity index (χ3n) is 2.49. The average molecular weight is 263 g/mol.